The Bertz CT molecular complexity index is 379. The topological polar surface area (TPSA) is 63.2 Å². The molecule has 0 aromatic heterocycles. The Kier molecular flexibility index (Phi) is 2.86. The van der Waals surface area contributed by atoms with E-state index >= 15 is 0 Å². The maximum atomic E-state index is 11.1. The lowest BCUT2D eigenvalue weighted by molar-refractivity contribution is -0.320. The van der Waals surface area contributed by atoms with Gasteiger partial charge in [-0.1, -0.05) is 45.7 Å². The second kappa shape index (κ2) is 3.50. The highest BCUT2D eigenvalue weighted by Crippen LogP contribution is 2.50. The maximum absolute atomic E-state index is 11.1. The van der Waals surface area contributed by atoms with Gasteiger partial charge in [0.05, 0.1) is 0 Å². The van der Waals surface area contributed by atoms with E-state index in [1.807, 2.05) is 6.07 Å². The van der Waals surface area contributed by atoms with Gasteiger partial charge in [0.1, 0.15) is 0 Å². The molecule has 0 amide bonds. The minimum atomic E-state index is -4.62. The normalized spacial score (nSPS) is 12.9. The van der Waals surface area contributed by atoms with E-state index in [9.17, 15) is 14.4 Å². The molecule has 0 saturated heterocycles. The number of benzene rings is 1. The zero-order valence-electron chi connectivity index (χ0n) is 8.48. The molecule has 0 N–H and O–H groups in total. The summed E-state index contributed by atoms with van der Waals surface area (Å²) >= 11 is 0. The summed E-state index contributed by atoms with van der Waals surface area (Å²) in [6.45, 7) is 4.68. The molecular weight excluding hydrogens is 199 g/mol. The monoisotopic (exact) mass is 212 g/mol. The van der Waals surface area contributed by atoms with Crippen LogP contribution >= 0.6 is 7.60 Å². The van der Waals surface area contributed by atoms with Gasteiger partial charge in [-0.15, -0.1) is 0 Å². The van der Waals surface area contributed by atoms with E-state index in [0.29, 0.717) is 5.56 Å². The van der Waals surface area contributed by atoms with E-state index in [1.54, 1.807) is 25.1 Å². The van der Waals surface area contributed by atoms with E-state index in [1.165, 1.54) is 13.8 Å². The summed E-state index contributed by atoms with van der Waals surface area (Å²) in [5.74, 6) is 0. The van der Waals surface area contributed by atoms with Crippen LogP contribution in [0.1, 0.15) is 25.0 Å². The van der Waals surface area contributed by atoms with Crippen LogP contribution in [0.25, 0.3) is 0 Å². The van der Waals surface area contributed by atoms with Crippen LogP contribution in [0.3, 0.4) is 0 Å². The molecule has 0 aliphatic heterocycles. The third-order valence-electron chi connectivity index (χ3n) is 2.49. The van der Waals surface area contributed by atoms with Gasteiger partial charge in [0.15, 0.2) is 0 Å². The minimum Gasteiger partial charge on any atom is -0.810 e. The molecule has 0 radical (unpaired) electrons. The van der Waals surface area contributed by atoms with Crippen LogP contribution in [0.15, 0.2) is 24.3 Å². The third kappa shape index (κ3) is 1.90. The lowest BCUT2D eigenvalue weighted by Gasteiger charge is -2.46. The fourth-order valence-corrected chi connectivity index (χ4v) is 1.95. The zero-order chi connectivity index (χ0) is 11.0. The van der Waals surface area contributed by atoms with Crippen molar-refractivity contribution in [3.05, 3.63) is 35.4 Å². The smallest absolute Gasteiger partial charge is 0.0176 e. The predicted molar refractivity (Wildman–Crippen MR) is 51.8 cm³/mol. The predicted octanol–water partition coefficient (Wildman–Crippen LogP) is 1.14. The average molecular weight is 212 g/mol. The Labute approximate surface area is 83.9 Å². The van der Waals surface area contributed by atoms with Gasteiger partial charge >= 0.3 is 0 Å². The summed E-state index contributed by atoms with van der Waals surface area (Å²) in [7, 11) is -4.62. The highest BCUT2D eigenvalue weighted by molar-refractivity contribution is 7.50. The molecule has 0 atom stereocenters. The zero-order valence-corrected chi connectivity index (χ0v) is 9.38. The molecule has 1 aromatic rings. The van der Waals surface area contributed by atoms with Crippen molar-refractivity contribution >= 4 is 7.60 Å². The van der Waals surface area contributed by atoms with Gasteiger partial charge in [0.2, 0.25) is 0 Å². The van der Waals surface area contributed by atoms with Crippen molar-refractivity contribution in [2.24, 2.45) is 0 Å². The van der Waals surface area contributed by atoms with Gasteiger partial charge in [-0.25, -0.2) is 0 Å². The molecule has 0 heterocycles. The molecule has 78 valence electrons. The van der Waals surface area contributed by atoms with Gasteiger partial charge in [-0.05, 0) is 18.1 Å². The molecule has 0 unspecified atom stereocenters. The lowest BCUT2D eigenvalue weighted by Crippen LogP contribution is -2.32. The molecule has 0 bridgehead atoms. The van der Waals surface area contributed by atoms with Crippen LogP contribution in [0.4, 0.5) is 0 Å². The average Bonchev–Trinajstić information content (AvgIpc) is 2.02. The Hall–Kier alpha value is -0.630. The maximum Gasteiger partial charge on any atom is 0.0176 e. The Balaban J connectivity index is 3.31. The summed E-state index contributed by atoms with van der Waals surface area (Å²) in [6.07, 6.45) is 0. The van der Waals surface area contributed by atoms with Crippen molar-refractivity contribution in [2.45, 2.75) is 25.9 Å². The van der Waals surface area contributed by atoms with Crippen LogP contribution < -0.4 is 9.79 Å². The molecule has 3 nitrogen and oxygen atoms in total. The second-order valence-corrected chi connectivity index (χ2v) is 5.98. The molecule has 0 fully saturated rings. The van der Waals surface area contributed by atoms with Crippen LogP contribution in [-0.2, 0) is 9.72 Å². The quantitative estimate of drug-likeness (QED) is 0.690. The first kappa shape index (κ1) is 11.4. The first-order valence-corrected chi connectivity index (χ1v) is 5.89. The minimum absolute atomic E-state index is 0.577. The number of rotatable bonds is 2. The number of hydrogen-bond donors (Lipinski definition) is 0. The Morgan fingerprint density at radius 2 is 1.71 bits per heavy atom. The molecule has 4 heteroatoms. The Morgan fingerprint density at radius 1 is 1.21 bits per heavy atom. The van der Waals surface area contributed by atoms with Crippen molar-refractivity contribution in [2.75, 3.05) is 0 Å². The van der Waals surface area contributed by atoms with Crippen molar-refractivity contribution in [1.82, 2.24) is 0 Å². The highest BCUT2D eigenvalue weighted by Gasteiger charge is 2.25. The fraction of sp³-hybridized carbons (Fsp3) is 0.400. The molecular formula is C10H13O3P-2. The summed E-state index contributed by atoms with van der Waals surface area (Å²) in [5.41, 5.74) is 1.40. The van der Waals surface area contributed by atoms with Crippen molar-refractivity contribution in [3.63, 3.8) is 0 Å². The van der Waals surface area contributed by atoms with E-state index in [4.69, 9.17) is 0 Å². The summed E-state index contributed by atoms with van der Waals surface area (Å²) in [5, 5.41) is -1.33. The van der Waals surface area contributed by atoms with Gasteiger partial charge < -0.3 is 14.4 Å². The van der Waals surface area contributed by atoms with Crippen LogP contribution in [0, 0.1) is 6.92 Å². The van der Waals surface area contributed by atoms with E-state index in [2.05, 4.69) is 0 Å². The SMILES string of the molecule is Cc1ccccc1C(C)(C)P(=O)([O-])[O-]. The standard InChI is InChI=1S/C10H15O3P/c1-8-6-4-5-7-9(8)10(2,3)14(11,12)13/h4-7H,1-3H3,(H2,11,12,13)/p-2. The second-order valence-electron chi connectivity index (χ2n) is 3.87. The Morgan fingerprint density at radius 3 is 2.14 bits per heavy atom. The van der Waals surface area contributed by atoms with Crippen molar-refractivity contribution in [1.29, 1.82) is 0 Å². The van der Waals surface area contributed by atoms with Crippen LogP contribution in [0.2, 0.25) is 0 Å². The van der Waals surface area contributed by atoms with Crippen LogP contribution in [-0.4, -0.2) is 0 Å². The molecule has 0 aliphatic carbocycles. The van der Waals surface area contributed by atoms with E-state index < -0.39 is 12.8 Å². The lowest BCUT2D eigenvalue weighted by atomic mass is 9.97. The van der Waals surface area contributed by atoms with Gasteiger partial charge in [-0.2, -0.15) is 0 Å². The molecule has 0 aliphatic rings. The summed E-state index contributed by atoms with van der Waals surface area (Å²) in [4.78, 5) is 22.2. The highest BCUT2D eigenvalue weighted by atomic mass is 31.2. The largest absolute Gasteiger partial charge is 0.810 e. The molecule has 1 aromatic carbocycles. The van der Waals surface area contributed by atoms with Crippen molar-refractivity contribution < 1.29 is 14.4 Å². The van der Waals surface area contributed by atoms with Gasteiger partial charge in [0, 0.05) is 5.16 Å². The van der Waals surface area contributed by atoms with E-state index in [-0.39, 0.29) is 0 Å². The first-order valence-electron chi connectivity index (χ1n) is 4.35. The first-order chi connectivity index (χ1) is 6.27. The van der Waals surface area contributed by atoms with Crippen molar-refractivity contribution in [3.8, 4) is 0 Å². The van der Waals surface area contributed by atoms with Gasteiger partial charge in [0.25, 0.3) is 0 Å². The van der Waals surface area contributed by atoms with E-state index in [0.717, 1.165) is 5.56 Å². The number of aryl methyl sites for hydroxylation is 1. The molecule has 1 rings (SSSR count). The fourth-order valence-electron chi connectivity index (χ4n) is 1.41. The van der Waals surface area contributed by atoms with Crippen LogP contribution in [0.5, 0.6) is 0 Å². The summed E-state index contributed by atoms with van der Waals surface area (Å²) < 4.78 is 11.1. The molecule has 14 heavy (non-hydrogen) atoms. The summed E-state index contributed by atoms with van der Waals surface area (Å²) in [6, 6.07) is 7.03. The van der Waals surface area contributed by atoms with Gasteiger partial charge in [-0.3, -0.25) is 0 Å². The molecule has 0 saturated carbocycles. The molecule has 0 spiro atoms. The number of hydrogen-bond acceptors (Lipinski definition) is 3. The third-order valence-corrected chi connectivity index (χ3v) is 4.10.